The van der Waals surface area contributed by atoms with Crippen LogP contribution in [0.25, 0.3) is 33.2 Å². The number of hydrogen-bond donors (Lipinski definition) is 3. The molecule has 3 heterocycles. The van der Waals surface area contributed by atoms with E-state index in [1.165, 1.54) is 0 Å². The Kier molecular flexibility index (Phi) is 4.57. The Hall–Kier alpha value is -4.59. The van der Waals surface area contributed by atoms with Gasteiger partial charge in [0.2, 0.25) is 5.95 Å². The number of para-hydroxylation sites is 2. The minimum Gasteiger partial charge on any atom is -0.291 e. The Morgan fingerprint density at radius 2 is 1.52 bits per heavy atom. The summed E-state index contributed by atoms with van der Waals surface area (Å²) in [6.45, 7) is 0. The van der Waals surface area contributed by atoms with E-state index < -0.39 is 5.91 Å². The lowest BCUT2D eigenvalue weighted by molar-refractivity contribution is 0.0964. The number of nitrogens with one attached hydrogen (secondary N) is 3. The van der Waals surface area contributed by atoms with Crippen LogP contribution in [0.3, 0.4) is 0 Å². The second kappa shape index (κ2) is 7.68. The van der Waals surface area contributed by atoms with Gasteiger partial charge in [-0.2, -0.15) is 0 Å². The number of benzene rings is 2. The van der Waals surface area contributed by atoms with Gasteiger partial charge < -0.3 is 0 Å². The van der Waals surface area contributed by atoms with Crippen LogP contribution in [0.1, 0.15) is 10.4 Å². The van der Waals surface area contributed by atoms with E-state index in [-0.39, 0.29) is 11.5 Å². The molecule has 8 heteroatoms. The number of nitrogens with zero attached hydrogens (tertiary/aromatic N) is 3. The Morgan fingerprint density at radius 3 is 2.29 bits per heavy atom. The van der Waals surface area contributed by atoms with Crippen LogP contribution in [0, 0.1) is 0 Å². The number of hydrazine groups is 1. The highest BCUT2D eigenvalue weighted by atomic mass is 16.2. The Labute approximate surface area is 176 Å². The van der Waals surface area contributed by atoms with E-state index in [1.54, 1.807) is 36.5 Å². The maximum atomic E-state index is 13.0. The van der Waals surface area contributed by atoms with E-state index in [4.69, 9.17) is 0 Å². The number of aromatic amines is 1. The SMILES string of the molecule is O=C(NNc1nc2ccccc2c(=O)[nH]1)c1cc(-c2ccccn2)nc2ccccc12. The summed E-state index contributed by atoms with van der Waals surface area (Å²) in [5.41, 5.74) is 7.87. The highest BCUT2D eigenvalue weighted by Crippen LogP contribution is 2.23. The molecule has 2 aromatic carbocycles. The first-order chi connectivity index (χ1) is 15.2. The molecule has 8 nitrogen and oxygen atoms in total. The molecule has 0 aliphatic carbocycles. The summed E-state index contributed by atoms with van der Waals surface area (Å²) < 4.78 is 0. The molecular weight excluding hydrogens is 392 g/mol. The van der Waals surface area contributed by atoms with Gasteiger partial charge >= 0.3 is 0 Å². The molecule has 0 spiro atoms. The number of amides is 1. The molecule has 0 bridgehead atoms. The zero-order valence-electron chi connectivity index (χ0n) is 16.2. The molecule has 0 saturated heterocycles. The van der Waals surface area contributed by atoms with Gasteiger partial charge in [0.05, 0.1) is 33.4 Å². The maximum Gasteiger partial charge on any atom is 0.270 e. The number of carbonyl (C=O) groups is 1. The lowest BCUT2D eigenvalue weighted by Gasteiger charge is -2.11. The quantitative estimate of drug-likeness (QED) is 0.393. The zero-order valence-corrected chi connectivity index (χ0v) is 16.2. The summed E-state index contributed by atoms with van der Waals surface area (Å²) >= 11 is 0. The molecule has 0 aliphatic rings. The smallest absolute Gasteiger partial charge is 0.270 e. The molecule has 0 fully saturated rings. The maximum absolute atomic E-state index is 13.0. The molecule has 5 rings (SSSR count). The van der Waals surface area contributed by atoms with Crippen LogP contribution < -0.4 is 16.4 Å². The van der Waals surface area contributed by atoms with E-state index in [1.807, 2.05) is 42.5 Å². The number of H-pyrrole nitrogens is 1. The Balaban J connectivity index is 1.49. The largest absolute Gasteiger partial charge is 0.291 e. The third kappa shape index (κ3) is 3.58. The molecule has 3 aromatic heterocycles. The summed E-state index contributed by atoms with van der Waals surface area (Å²) in [4.78, 5) is 41.2. The third-order valence-corrected chi connectivity index (χ3v) is 4.80. The number of carbonyl (C=O) groups excluding carboxylic acids is 1. The first-order valence-corrected chi connectivity index (χ1v) is 9.56. The Bertz CT molecular complexity index is 1480. The molecule has 5 aromatic rings. The minimum absolute atomic E-state index is 0.139. The average molecular weight is 408 g/mol. The van der Waals surface area contributed by atoms with Crippen LogP contribution in [-0.4, -0.2) is 25.8 Å². The highest BCUT2D eigenvalue weighted by Gasteiger charge is 2.15. The fraction of sp³-hybridized carbons (Fsp3) is 0. The Morgan fingerprint density at radius 1 is 0.806 bits per heavy atom. The van der Waals surface area contributed by atoms with Crippen LogP contribution in [0.5, 0.6) is 0 Å². The molecule has 31 heavy (non-hydrogen) atoms. The molecule has 0 saturated carbocycles. The van der Waals surface area contributed by atoms with Crippen LogP contribution in [0.15, 0.2) is 83.8 Å². The van der Waals surface area contributed by atoms with Crippen molar-refractivity contribution < 1.29 is 4.79 Å². The molecule has 3 N–H and O–H groups in total. The predicted octanol–water partition coefficient (Wildman–Crippen LogP) is 3.29. The molecule has 0 aliphatic heterocycles. The normalized spacial score (nSPS) is 10.8. The van der Waals surface area contributed by atoms with Gasteiger partial charge in [0.25, 0.3) is 11.5 Å². The van der Waals surface area contributed by atoms with Crippen molar-refractivity contribution in [1.29, 1.82) is 0 Å². The van der Waals surface area contributed by atoms with Gasteiger partial charge in [0, 0.05) is 11.6 Å². The van der Waals surface area contributed by atoms with Gasteiger partial charge in [-0.15, -0.1) is 0 Å². The third-order valence-electron chi connectivity index (χ3n) is 4.80. The van der Waals surface area contributed by atoms with Crippen LogP contribution in [-0.2, 0) is 0 Å². The first-order valence-electron chi connectivity index (χ1n) is 9.56. The second-order valence-corrected chi connectivity index (χ2v) is 6.80. The van der Waals surface area contributed by atoms with Gasteiger partial charge in [-0.25, -0.2) is 9.97 Å². The molecule has 1 amide bonds. The topological polar surface area (TPSA) is 113 Å². The van der Waals surface area contributed by atoms with Crippen molar-refractivity contribution in [2.45, 2.75) is 0 Å². The molecule has 150 valence electrons. The van der Waals surface area contributed by atoms with Crippen molar-refractivity contribution in [2.24, 2.45) is 0 Å². The van der Waals surface area contributed by atoms with Gasteiger partial charge in [-0.05, 0) is 36.4 Å². The van der Waals surface area contributed by atoms with Crippen molar-refractivity contribution >= 4 is 33.7 Å². The van der Waals surface area contributed by atoms with Crippen molar-refractivity contribution in [3.8, 4) is 11.4 Å². The lowest BCUT2D eigenvalue weighted by atomic mass is 10.1. The number of rotatable bonds is 4. The summed E-state index contributed by atoms with van der Waals surface area (Å²) in [7, 11) is 0. The van der Waals surface area contributed by atoms with Crippen LogP contribution in [0.4, 0.5) is 5.95 Å². The van der Waals surface area contributed by atoms with Crippen LogP contribution >= 0.6 is 0 Å². The van der Waals surface area contributed by atoms with E-state index in [9.17, 15) is 9.59 Å². The molecule has 0 unspecified atom stereocenters. The molecule has 0 radical (unpaired) electrons. The second-order valence-electron chi connectivity index (χ2n) is 6.80. The van der Waals surface area contributed by atoms with Gasteiger partial charge in [-0.1, -0.05) is 36.4 Å². The number of pyridine rings is 2. The van der Waals surface area contributed by atoms with Crippen molar-refractivity contribution in [1.82, 2.24) is 25.4 Å². The van der Waals surface area contributed by atoms with E-state index in [0.29, 0.717) is 38.8 Å². The fourth-order valence-electron chi connectivity index (χ4n) is 3.34. The van der Waals surface area contributed by atoms with Crippen molar-refractivity contribution in [3.05, 3.63) is 94.9 Å². The van der Waals surface area contributed by atoms with E-state index in [0.717, 1.165) is 0 Å². The number of anilines is 1. The van der Waals surface area contributed by atoms with Crippen molar-refractivity contribution in [2.75, 3.05) is 5.43 Å². The number of hydrogen-bond acceptors (Lipinski definition) is 6. The van der Waals surface area contributed by atoms with E-state index in [2.05, 4.69) is 30.8 Å². The lowest BCUT2D eigenvalue weighted by Crippen LogP contribution is -2.31. The summed E-state index contributed by atoms with van der Waals surface area (Å²) in [6, 6.07) is 21.6. The predicted molar refractivity (Wildman–Crippen MR) is 118 cm³/mol. The van der Waals surface area contributed by atoms with E-state index >= 15 is 0 Å². The van der Waals surface area contributed by atoms with Gasteiger partial charge in [0.15, 0.2) is 0 Å². The number of aromatic nitrogens is 4. The number of fused-ring (bicyclic) bond motifs is 2. The van der Waals surface area contributed by atoms with Gasteiger partial charge in [0.1, 0.15) is 0 Å². The fourth-order valence-corrected chi connectivity index (χ4v) is 3.34. The summed E-state index contributed by atoms with van der Waals surface area (Å²) in [6.07, 6.45) is 1.68. The standard InChI is InChI=1S/C23H16N6O2/c30-21-15-8-2-4-10-18(15)26-23(27-21)29-28-22(31)16-13-20(19-11-5-6-12-24-19)25-17-9-3-1-7-14(16)17/h1-13H,(H,28,31)(H2,26,27,29,30). The van der Waals surface area contributed by atoms with Crippen molar-refractivity contribution in [3.63, 3.8) is 0 Å². The van der Waals surface area contributed by atoms with Gasteiger partial charge in [-0.3, -0.25) is 30.4 Å². The minimum atomic E-state index is -0.397. The monoisotopic (exact) mass is 408 g/mol. The van der Waals surface area contributed by atoms with Crippen LogP contribution in [0.2, 0.25) is 0 Å². The average Bonchev–Trinajstić information content (AvgIpc) is 2.82. The molecule has 0 atom stereocenters. The summed E-state index contributed by atoms with van der Waals surface area (Å²) in [5.74, 6) is -0.257. The highest BCUT2D eigenvalue weighted by molar-refractivity contribution is 6.07. The molecular formula is C23H16N6O2. The summed E-state index contributed by atoms with van der Waals surface area (Å²) in [5, 5.41) is 1.17. The zero-order chi connectivity index (χ0) is 21.2. The first kappa shape index (κ1) is 18.4.